The van der Waals surface area contributed by atoms with Crippen LogP contribution < -0.4 is 4.89 Å². The van der Waals surface area contributed by atoms with Gasteiger partial charge in [-0.1, -0.05) is 150 Å². The molecular weight excluding hydrogens is 814 g/mol. The third-order valence-corrected chi connectivity index (χ3v) is 17.3. The highest BCUT2D eigenvalue weighted by Crippen LogP contribution is 2.67. The highest BCUT2D eigenvalue weighted by atomic mass is 31.2. The van der Waals surface area contributed by atoms with Gasteiger partial charge in [0.2, 0.25) is 0 Å². The van der Waals surface area contributed by atoms with E-state index >= 15 is 0 Å². The summed E-state index contributed by atoms with van der Waals surface area (Å²) in [4.78, 5) is 38.8. The van der Waals surface area contributed by atoms with Crippen molar-refractivity contribution < 1.29 is 47.2 Å². The van der Waals surface area contributed by atoms with E-state index in [1.807, 2.05) is 21.1 Å². The molecule has 1 N–H and O–H groups in total. The number of rotatable bonds is 31. The van der Waals surface area contributed by atoms with Gasteiger partial charge in [0.15, 0.2) is 6.10 Å². The minimum atomic E-state index is -5.05. The number of aliphatic carboxylic acids is 1. The van der Waals surface area contributed by atoms with E-state index in [0.29, 0.717) is 47.5 Å². The van der Waals surface area contributed by atoms with E-state index in [9.17, 15) is 24.2 Å². The fourth-order valence-electron chi connectivity index (χ4n) is 12.6. The average molecular weight is 908 g/mol. The molecule has 0 aliphatic heterocycles. The molecule has 3 saturated carbocycles. The number of unbranched alkanes of at least 4 members (excludes halogenated alkanes) is 12. The maximum absolute atomic E-state index is 13.0. The second-order valence-electron chi connectivity index (χ2n) is 22.7. The number of nitrogens with zero attached hydrogens (tertiary/aromatic N) is 1. The summed E-state index contributed by atoms with van der Waals surface area (Å²) in [6.45, 7) is 14.3. The van der Waals surface area contributed by atoms with Gasteiger partial charge in [0.1, 0.15) is 25.9 Å². The predicted octanol–water partition coefficient (Wildman–Crippen LogP) is 12.5. The van der Waals surface area contributed by atoms with E-state index in [0.717, 1.165) is 55.8 Å². The molecule has 0 radical (unpaired) electrons. The standard InChI is InChI=1S/C52H94NO9P/c1-10-11-12-13-14-15-16-17-18-19-20-21-22-26-48(54)59-38-47(49(50(55)56)62-63(57,58)60-36-35-53(7,8)9)61-42-31-33-51(5)41(37-42)27-28-43-45-30-29-44(40(4)25-23-24-39(2)3)52(45,6)34-32-46(43)51/h27,39-40,42-47,49H,10-26,28-38H2,1-9H3,(H-,55,56,57,58)/t40-,42?,43?,44-,45?,46?,47+,49?,51+,52-/m1/s1. The number of hydrogen-bond acceptors (Lipinski definition) is 8. The van der Waals surface area contributed by atoms with Gasteiger partial charge in [-0.3, -0.25) is 9.36 Å². The molecule has 0 heterocycles. The van der Waals surface area contributed by atoms with E-state index in [4.69, 9.17) is 18.5 Å². The van der Waals surface area contributed by atoms with Gasteiger partial charge < -0.3 is 33.0 Å². The van der Waals surface area contributed by atoms with Crippen LogP contribution in [0.2, 0.25) is 0 Å². The zero-order valence-corrected chi connectivity index (χ0v) is 42.6. The Labute approximate surface area is 385 Å². The van der Waals surface area contributed by atoms with Crippen LogP contribution in [-0.4, -0.2) is 80.7 Å². The van der Waals surface area contributed by atoms with E-state index in [-0.39, 0.29) is 24.5 Å². The molecule has 0 aromatic rings. The zero-order chi connectivity index (χ0) is 46.3. The number of allylic oxidation sites excluding steroid dienone is 1. The van der Waals surface area contributed by atoms with Crippen LogP contribution in [0.25, 0.3) is 0 Å². The smallest absolute Gasteiger partial charge is 0.336 e. The van der Waals surface area contributed by atoms with Gasteiger partial charge in [-0.05, 0) is 104 Å². The Morgan fingerprint density at radius 2 is 1.49 bits per heavy atom. The summed E-state index contributed by atoms with van der Waals surface area (Å²) >= 11 is 0. The SMILES string of the molecule is CCCCCCCCCCCCCCCC(=O)OC[C@H](OC1CC[C@@]2(C)C(=CCC3C2CC[C@@]2(C)C3CC[C@@H]2[C@H](C)CCCC(C)C)C1)C(OP(=O)([O-])OCC[N+](C)(C)C)C(=O)O. The van der Waals surface area contributed by atoms with Crippen molar-refractivity contribution in [2.75, 3.05) is 40.9 Å². The Morgan fingerprint density at radius 3 is 2.10 bits per heavy atom. The number of hydrogen-bond donors (Lipinski definition) is 1. The minimum Gasteiger partial charge on any atom is -0.756 e. The summed E-state index contributed by atoms with van der Waals surface area (Å²) in [6, 6.07) is 0. The molecule has 4 rings (SSSR count). The van der Waals surface area contributed by atoms with Gasteiger partial charge in [0.25, 0.3) is 7.82 Å². The highest BCUT2D eigenvalue weighted by Gasteiger charge is 2.59. The first kappa shape index (κ1) is 54.3. The summed E-state index contributed by atoms with van der Waals surface area (Å²) < 4.78 is 36.1. The van der Waals surface area contributed by atoms with Crippen LogP contribution in [0.5, 0.6) is 0 Å². The zero-order valence-electron chi connectivity index (χ0n) is 41.7. The van der Waals surface area contributed by atoms with Crippen LogP contribution in [0.1, 0.15) is 202 Å². The molecule has 11 atom stereocenters. The summed E-state index contributed by atoms with van der Waals surface area (Å²) in [6.07, 6.45) is 27.2. The summed E-state index contributed by atoms with van der Waals surface area (Å²) in [5.41, 5.74) is 1.83. The van der Waals surface area contributed by atoms with E-state index in [1.165, 1.54) is 108 Å². The molecule has 0 bridgehead atoms. The third-order valence-electron chi connectivity index (χ3n) is 16.4. The molecule has 4 aliphatic rings. The van der Waals surface area contributed by atoms with Gasteiger partial charge in [0.05, 0.1) is 27.2 Å². The summed E-state index contributed by atoms with van der Waals surface area (Å²) in [7, 11) is 0.661. The van der Waals surface area contributed by atoms with E-state index < -0.39 is 38.6 Å². The van der Waals surface area contributed by atoms with Crippen LogP contribution >= 0.6 is 7.82 Å². The van der Waals surface area contributed by atoms with Crippen LogP contribution in [0.3, 0.4) is 0 Å². The Morgan fingerprint density at radius 1 is 0.857 bits per heavy atom. The first-order valence-electron chi connectivity index (χ1n) is 26.0. The molecule has 0 aromatic heterocycles. The first-order valence-corrected chi connectivity index (χ1v) is 27.4. The van der Waals surface area contributed by atoms with Gasteiger partial charge in [-0.15, -0.1) is 0 Å². The van der Waals surface area contributed by atoms with Crippen molar-refractivity contribution in [1.29, 1.82) is 0 Å². The van der Waals surface area contributed by atoms with Gasteiger partial charge in [-0.2, -0.15) is 0 Å². The predicted molar refractivity (Wildman–Crippen MR) is 252 cm³/mol. The lowest BCUT2D eigenvalue weighted by Crippen LogP contribution is -2.51. The quantitative estimate of drug-likeness (QED) is 0.0237. The van der Waals surface area contributed by atoms with Crippen molar-refractivity contribution in [3.05, 3.63) is 11.6 Å². The molecular formula is C52H94NO9P. The first-order chi connectivity index (χ1) is 29.8. The maximum Gasteiger partial charge on any atom is 0.336 e. The van der Waals surface area contributed by atoms with Crippen molar-refractivity contribution in [2.24, 2.45) is 46.3 Å². The molecule has 11 heteroatoms. The number of carbonyl (C=O) groups is 2. The van der Waals surface area contributed by atoms with Crippen molar-refractivity contribution in [1.82, 2.24) is 0 Å². The number of carbonyl (C=O) groups excluding carboxylic acids is 1. The van der Waals surface area contributed by atoms with Gasteiger partial charge >= 0.3 is 11.9 Å². The lowest BCUT2D eigenvalue weighted by Gasteiger charge is -2.58. The Hall–Kier alpha value is -1.29. The largest absolute Gasteiger partial charge is 0.756 e. The second kappa shape index (κ2) is 25.7. The summed E-state index contributed by atoms with van der Waals surface area (Å²) in [5, 5.41) is 10.4. The third kappa shape index (κ3) is 16.8. The topological polar surface area (TPSA) is 131 Å². The summed E-state index contributed by atoms with van der Waals surface area (Å²) in [5.74, 6) is 2.42. The number of esters is 1. The maximum atomic E-state index is 13.0. The molecule has 63 heavy (non-hydrogen) atoms. The monoisotopic (exact) mass is 908 g/mol. The lowest BCUT2D eigenvalue weighted by molar-refractivity contribution is -0.870. The van der Waals surface area contributed by atoms with Crippen LogP contribution in [0, 0.1) is 46.3 Å². The second-order valence-corrected chi connectivity index (χ2v) is 24.0. The number of carboxylic acids is 1. The molecule has 0 saturated heterocycles. The number of likely N-dealkylation sites (N-methyl/N-ethyl adjacent to an activating group) is 1. The van der Waals surface area contributed by atoms with Gasteiger partial charge in [-0.25, -0.2) is 4.79 Å². The van der Waals surface area contributed by atoms with E-state index in [2.05, 4.69) is 47.6 Å². The molecule has 3 fully saturated rings. The molecule has 0 aromatic carbocycles. The van der Waals surface area contributed by atoms with Gasteiger partial charge in [0, 0.05) is 6.42 Å². The molecule has 4 aliphatic carbocycles. The average Bonchev–Trinajstić information content (AvgIpc) is 3.57. The molecule has 0 amide bonds. The number of carboxylic acid groups (broad SMARTS) is 1. The fourth-order valence-corrected chi connectivity index (χ4v) is 13.5. The van der Waals surface area contributed by atoms with E-state index in [1.54, 1.807) is 0 Å². The number of quaternary nitrogens is 1. The van der Waals surface area contributed by atoms with Crippen LogP contribution in [0.4, 0.5) is 0 Å². The fraction of sp³-hybridized carbons (Fsp3) is 0.923. The Kier molecular flexibility index (Phi) is 22.2. The number of phosphoric ester groups is 1. The van der Waals surface area contributed by atoms with Crippen molar-refractivity contribution >= 4 is 19.8 Å². The molecule has 10 nitrogen and oxygen atoms in total. The Bertz CT molecular complexity index is 1460. The number of phosphoric acid groups is 1. The van der Waals surface area contributed by atoms with Crippen LogP contribution in [0.15, 0.2) is 11.6 Å². The van der Waals surface area contributed by atoms with Crippen LogP contribution in [-0.2, 0) is 32.7 Å². The van der Waals surface area contributed by atoms with Crippen molar-refractivity contribution in [3.8, 4) is 0 Å². The molecule has 366 valence electrons. The Balaban J connectivity index is 1.35. The number of ether oxygens (including phenoxy) is 2. The number of fused-ring (bicyclic) bond motifs is 5. The highest BCUT2D eigenvalue weighted by molar-refractivity contribution is 7.45. The lowest BCUT2D eigenvalue weighted by atomic mass is 9.47. The normalized spacial score (nSPS) is 29.5. The van der Waals surface area contributed by atoms with Crippen molar-refractivity contribution in [3.63, 3.8) is 0 Å². The molecule has 6 unspecified atom stereocenters. The molecule has 0 spiro atoms. The minimum absolute atomic E-state index is 0.0494. The van der Waals surface area contributed by atoms with Crippen molar-refractivity contribution in [2.45, 2.75) is 220 Å².